The van der Waals surface area contributed by atoms with Crippen LogP contribution in [0.4, 0.5) is 8.78 Å². The van der Waals surface area contributed by atoms with Gasteiger partial charge in [0.15, 0.2) is 0 Å². The molecule has 13 heavy (non-hydrogen) atoms. The number of thioether (sulfide) groups is 1. The molecule has 0 unspecified atom stereocenters. The molecule has 0 aliphatic carbocycles. The van der Waals surface area contributed by atoms with Crippen LogP contribution in [0.5, 0.6) is 0 Å². The van der Waals surface area contributed by atoms with Crippen molar-refractivity contribution < 1.29 is 8.78 Å². The quantitative estimate of drug-likeness (QED) is 0.669. The van der Waals surface area contributed by atoms with E-state index in [0.717, 1.165) is 13.3 Å². The van der Waals surface area contributed by atoms with Crippen LogP contribution in [0.3, 0.4) is 0 Å². The highest BCUT2D eigenvalue weighted by Gasteiger charge is 2.22. The molecule has 0 saturated carbocycles. The Morgan fingerprint density at radius 2 is 1.77 bits per heavy atom. The maximum atomic E-state index is 12.6. The van der Waals surface area contributed by atoms with Gasteiger partial charge in [0, 0.05) is 11.8 Å². The summed E-state index contributed by atoms with van der Waals surface area (Å²) in [6, 6.07) is 7.24. The molecular formula is C10H12F2S. The third-order valence-electron chi connectivity index (χ3n) is 1.63. The summed E-state index contributed by atoms with van der Waals surface area (Å²) < 4.78 is 25.1. The first-order chi connectivity index (χ1) is 6.01. The number of benzene rings is 1. The number of rotatable bonds is 3. The van der Waals surface area contributed by atoms with Gasteiger partial charge in [-0.25, -0.2) is 0 Å². The lowest BCUT2D eigenvalue weighted by molar-refractivity contribution is 0.129. The van der Waals surface area contributed by atoms with Crippen LogP contribution in [0.15, 0.2) is 29.2 Å². The van der Waals surface area contributed by atoms with Crippen LogP contribution in [-0.2, 0) is 6.42 Å². The Morgan fingerprint density at radius 1 is 1.23 bits per heavy atom. The maximum absolute atomic E-state index is 12.6. The van der Waals surface area contributed by atoms with E-state index < -0.39 is 5.25 Å². The first-order valence-corrected chi connectivity index (χ1v) is 4.98. The van der Waals surface area contributed by atoms with Gasteiger partial charge in [-0.05, 0) is 24.1 Å². The molecule has 0 bridgehead atoms. The third-order valence-corrected chi connectivity index (χ3v) is 2.49. The van der Waals surface area contributed by atoms with E-state index in [0.29, 0.717) is 16.7 Å². The molecule has 1 rings (SSSR count). The fourth-order valence-corrected chi connectivity index (χ4v) is 1.69. The molecule has 1 aromatic rings. The lowest BCUT2D eigenvalue weighted by atomic mass is 10.2. The molecule has 0 atom stereocenters. The van der Waals surface area contributed by atoms with Crippen molar-refractivity contribution in [2.75, 3.05) is 0 Å². The summed E-state index contributed by atoms with van der Waals surface area (Å²) in [7, 11) is 0. The molecule has 0 amide bonds. The molecule has 72 valence electrons. The van der Waals surface area contributed by atoms with Gasteiger partial charge < -0.3 is 0 Å². The molecule has 1 aromatic carbocycles. The Balaban J connectivity index is 2.70. The van der Waals surface area contributed by atoms with Crippen LogP contribution in [0.25, 0.3) is 0 Å². The lowest BCUT2D eigenvalue weighted by Crippen LogP contribution is -2.01. The molecule has 3 heteroatoms. The standard InChI is InChI=1S/C10H12F2S/c1-3-8-4-6-9(7-5-8)13-10(2,11)12/h4-7H,3H2,1-2H3. The van der Waals surface area contributed by atoms with Crippen molar-refractivity contribution in [2.45, 2.75) is 30.4 Å². The molecule has 0 spiro atoms. The predicted octanol–water partition coefficient (Wildman–Crippen LogP) is 3.95. The van der Waals surface area contributed by atoms with E-state index in [-0.39, 0.29) is 0 Å². The highest BCUT2D eigenvalue weighted by molar-refractivity contribution is 8.00. The van der Waals surface area contributed by atoms with Crippen LogP contribution in [0, 0.1) is 0 Å². The number of halogens is 2. The summed E-state index contributed by atoms with van der Waals surface area (Å²) >= 11 is 0.587. The first-order valence-electron chi connectivity index (χ1n) is 4.17. The fourth-order valence-electron chi connectivity index (χ4n) is 1.00. The normalized spacial score (nSPS) is 11.7. The van der Waals surface area contributed by atoms with Crippen LogP contribution in [-0.4, -0.2) is 5.25 Å². The molecule has 0 aromatic heterocycles. The average Bonchev–Trinajstić information content (AvgIpc) is 2.03. The number of hydrogen-bond acceptors (Lipinski definition) is 1. The zero-order valence-electron chi connectivity index (χ0n) is 7.68. The van der Waals surface area contributed by atoms with Gasteiger partial charge >= 0.3 is 0 Å². The van der Waals surface area contributed by atoms with Crippen molar-refractivity contribution in [1.29, 1.82) is 0 Å². The lowest BCUT2D eigenvalue weighted by Gasteiger charge is -2.09. The van der Waals surface area contributed by atoms with Crippen LogP contribution < -0.4 is 0 Å². The number of aryl methyl sites for hydroxylation is 1. The summed E-state index contributed by atoms with van der Waals surface area (Å²) in [5.41, 5.74) is 1.17. The second kappa shape index (κ2) is 4.09. The Hall–Kier alpha value is -0.570. The summed E-state index contributed by atoms with van der Waals surface area (Å²) in [6.07, 6.45) is 0.938. The molecule has 0 saturated heterocycles. The minimum Gasteiger partial charge on any atom is -0.194 e. The van der Waals surface area contributed by atoms with Crippen molar-refractivity contribution >= 4 is 11.8 Å². The summed E-state index contributed by atoms with van der Waals surface area (Å²) in [5, 5.41) is -2.69. The van der Waals surface area contributed by atoms with E-state index in [2.05, 4.69) is 0 Å². The Morgan fingerprint density at radius 3 is 2.15 bits per heavy atom. The SMILES string of the molecule is CCc1ccc(SC(C)(F)F)cc1. The Bertz CT molecular complexity index is 261. The van der Waals surface area contributed by atoms with Crippen LogP contribution in [0.2, 0.25) is 0 Å². The molecule has 0 fully saturated rings. The predicted molar refractivity (Wildman–Crippen MR) is 52.3 cm³/mol. The molecule has 0 radical (unpaired) electrons. The van der Waals surface area contributed by atoms with Crippen LogP contribution in [0.1, 0.15) is 19.4 Å². The smallest absolute Gasteiger partial charge is 0.194 e. The molecule has 0 nitrogen and oxygen atoms in total. The molecule has 0 aliphatic rings. The van der Waals surface area contributed by atoms with Crippen LogP contribution >= 0.6 is 11.8 Å². The average molecular weight is 202 g/mol. The van der Waals surface area contributed by atoms with E-state index in [4.69, 9.17) is 0 Å². The zero-order chi connectivity index (χ0) is 9.90. The van der Waals surface area contributed by atoms with E-state index in [1.165, 1.54) is 5.56 Å². The monoisotopic (exact) mass is 202 g/mol. The van der Waals surface area contributed by atoms with Gasteiger partial charge in [0.05, 0.1) is 0 Å². The summed E-state index contributed by atoms with van der Waals surface area (Å²) in [6.45, 7) is 2.95. The van der Waals surface area contributed by atoms with Crippen molar-refractivity contribution in [3.8, 4) is 0 Å². The summed E-state index contributed by atoms with van der Waals surface area (Å²) in [5.74, 6) is 0. The topological polar surface area (TPSA) is 0 Å². The van der Waals surface area contributed by atoms with Crippen molar-refractivity contribution in [3.63, 3.8) is 0 Å². The molecule has 0 N–H and O–H groups in total. The zero-order valence-corrected chi connectivity index (χ0v) is 8.50. The maximum Gasteiger partial charge on any atom is 0.295 e. The largest absolute Gasteiger partial charge is 0.295 e. The Kier molecular flexibility index (Phi) is 3.31. The number of hydrogen-bond donors (Lipinski definition) is 0. The number of alkyl halides is 2. The second-order valence-electron chi connectivity index (χ2n) is 2.91. The van der Waals surface area contributed by atoms with E-state index in [1.54, 1.807) is 12.1 Å². The van der Waals surface area contributed by atoms with Crippen molar-refractivity contribution in [3.05, 3.63) is 29.8 Å². The fraction of sp³-hybridized carbons (Fsp3) is 0.400. The molecular weight excluding hydrogens is 190 g/mol. The minimum atomic E-state index is -2.69. The van der Waals surface area contributed by atoms with Crippen molar-refractivity contribution in [2.24, 2.45) is 0 Å². The minimum absolute atomic E-state index is 0.587. The second-order valence-corrected chi connectivity index (χ2v) is 4.30. The van der Waals surface area contributed by atoms with Gasteiger partial charge in [0.2, 0.25) is 0 Å². The van der Waals surface area contributed by atoms with E-state index in [9.17, 15) is 8.78 Å². The van der Waals surface area contributed by atoms with E-state index >= 15 is 0 Å². The van der Waals surface area contributed by atoms with Gasteiger partial charge in [-0.1, -0.05) is 30.8 Å². The van der Waals surface area contributed by atoms with Crippen molar-refractivity contribution in [1.82, 2.24) is 0 Å². The third kappa shape index (κ3) is 3.77. The van der Waals surface area contributed by atoms with Gasteiger partial charge in [-0.3, -0.25) is 0 Å². The first kappa shape index (κ1) is 10.5. The van der Waals surface area contributed by atoms with Gasteiger partial charge in [-0.15, -0.1) is 0 Å². The Labute approximate surface area is 81.3 Å². The van der Waals surface area contributed by atoms with Gasteiger partial charge in [-0.2, -0.15) is 8.78 Å². The molecule has 0 aliphatic heterocycles. The molecule has 0 heterocycles. The van der Waals surface area contributed by atoms with E-state index in [1.807, 2.05) is 19.1 Å². The van der Waals surface area contributed by atoms with Gasteiger partial charge in [0.1, 0.15) is 0 Å². The summed E-state index contributed by atoms with van der Waals surface area (Å²) in [4.78, 5) is 0.615. The highest BCUT2D eigenvalue weighted by atomic mass is 32.2. The highest BCUT2D eigenvalue weighted by Crippen LogP contribution is 2.34. The van der Waals surface area contributed by atoms with Gasteiger partial charge in [0.25, 0.3) is 5.25 Å².